The number of hydrogen-bond donors (Lipinski definition) is 1. The van der Waals surface area contributed by atoms with Gasteiger partial charge in [-0.25, -0.2) is 13.8 Å². The molecule has 0 unspecified atom stereocenters. The second-order valence-electron chi connectivity index (χ2n) is 3.61. The first-order chi connectivity index (χ1) is 7.15. The van der Waals surface area contributed by atoms with Gasteiger partial charge in [-0.2, -0.15) is 0 Å². The second kappa shape index (κ2) is 4.22. The maximum Gasteiger partial charge on any atom is 0.155 e. The molecule has 0 aliphatic heterocycles. The van der Waals surface area contributed by atoms with Crippen molar-refractivity contribution in [2.45, 2.75) is 24.9 Å². The Balaban J connectivity index is 2.36. The minimum Gasteiger partial charge on any atom is -0.239 e. The van der Waals surface area contributed by atoms with E-state index in [0.717, 1.165) is 6.42 Å². The lowest BCUT2D eigenvalue weighted by Crippen LogP contribution is -2.41. The van der Waals surface area contributed by atoms with Gasteiger partial charge < -0.3 is 0 Å². The Kier molecular flexibility index (Phi) is 3.11. The molecular formula is C10H10BrFN2S. The SMILES string of the molecule is FC1(C(=NS)c2cccc(Br)n2)CCC1. The molecule has 80 valence electrons. The molecule has 0 radical (unpaired) electrons. The standard InChI is InChI=1S/C10H10BrFN2S/c11-8-4-1-3-7(13-8)9(14-15)10(12)5-2-6-10/h1,3-4,15H,2,5-6H2. The summed E-state index contributed by atoms with van der Waals surface area (Å²) in [7, 11) is 0. The summed E-state index contributed by atoms with van der Waals surface area (Å²) in [5.74, 6) is 0. The predicted molar refractivity (Wildman–Crippen MR) is 65.2 cm³/mol. The summed E-state index contributed by atoms with van der Waals surface area (Å²) in [4.78, 5) is 4.19. The van der Waals surface area contributed by atoms with E-state index in [1.165, 1.54) is 0 Å². The highest BCUT2D eigenvalue weighted by atomic mass is 79.9. The van der Waals surface area contributed by atoms with Crippen LogP contribution in [0.25, 0.3) is 0 Å². The average Bonchev–Trinajstić information content (AvgIpc) is 2.16. The number of halogens is 2. The second-order valence-corrected chi connectivity index (χ2v) is 4.63. The van der Waals surface area contributed by atoms with Gasteiger partial charge in [0.1, 0.15) is 10.3 Å². The molecular weight excluding hydrogens is 279 g/mol. The first-order valence-electron chi connectivity index (χ1n) is 4.70. The molecule has 1 aliphatic carbocycles. The highest BCUT2D eigenvalue weighted by molar-refractivity contribution is 9.10. The van der Waals surface area contributed by atoms with Crippen LogP contribution in [0.2, 0.25) is 0 Å². The van der Waals surface area contributed by atoms with E-state index in [2.05, 4.69) is 38.1 Å². The lowest BCUT2D eigenvalue weighted by atomic mass is 9.77. The van der Waals surface area contributed by atoms with Crippen LogP contribution in [0.3, 0.4) is 0 Å². The van der Waals surface area contributed by atoms with E-state index in [1.54, 1.807) is 12.1 Å². The summed E-state index contributed by atoms with van der Waals surface area (Å²) in [6.45, 7) is 0. The molecule has 0 atom stereocenters. The summed E-state index contributed by atoms with van der Waals surface area (Å²) in [5, 5.41) is 0. The number of alkyl halides is 1. The van der Waals surface area contributed by atoms with E-state index in [0.29, 0.717) is 28.9 Å². The van der Waals surface area contributed by atoms with Gasteiger partial charge >= 0.3 is 0 Å². The molecule has 0 spiro atoms. The number of pyridine rings is 1. The molecule has 0 amide bonds. The zero-order valence-corrected chi connectivity index (χ0v) is 10.4. The van der Waals surface area contributed by atoms with Gasteiger partial charge in [-0.3, -0.25) is 0 Å². The van der Waals surface area contributed by atoms with Crippen molar-refractivity contribution in [1.29, 1.82) is 0 Å². The average molecular weight is 289 g/mol. The van der Waals surface area contributed by atoms with Crippen molar-refractivity contribution in [1.82, 2.24) is 4.98 Å². The third-order valence-electron chi connectivity index (χ3n) is 2.63. The summed E-state index contributed by atoms with van der Waals surface area (Å²) in [6, 6.07) is 5.36. The minimum absolute atomic E-state index is 0.346. The molecule has 2 nitrogen and oxygen atoms in total. The van der Waals surface area contributed by atoms with E-state index >= 15 is 0 Å². The molecule has 1 heterocycles. The van der Waals surface area contributed by atoms with Crippen molar-refractivity contribution in [2.75, 3.05) is 0 Å². The third kappa shape index (κ3) is 2.08. The zero-order chi connectivity index (χ0) is 10.9. The Labute approximate surface area is 102 Å². The molecule has 2 rings (SSSR count). The summed E-state index contributed by atoms with van der Waals surface area (Å²) >= 11 is 7.09. The molecule has 0 N–H and O–H groups in total. The van der Waals surface area contributed by atoms with Crippen LogP contribution in [0.1, 0.15) is 25.0 Å². The maximum absolute atomic E-state index is 14.2. The van der Waals surface area contributed by atoms with E-state index < -0.39 is 5.67 Å². The Bertz CT molecular complexity index is 404. The normalized spacial score (nSPS) is 19.8. The van der Waals surface area contributed by atoms with Crippen molar-refractivity contribution in [3.05, 3.63) is 28.5 Å². The van der Waals surface area contributed by atoms with Crippen molar-refractivity contribution in [3.8, 4) is 0 Å². The van der Waals surface area contributed by atoms with Gasteiger partial charge in [-0.05, 0) is 60.1 Å². The van der Waals surface area contributed by atoms with Crippen LogP contribution in [-0.2, 0) is 0 Å². The quantitative estimate of drug-likeness (QED) is 0.504. The van der Waals surface area contributed by atoms with Crippen molar-refractivity contribution in [2.24, 2.45) is 4.40 Å². The molecule has 1 aromatic heterocycles. The van der Waals surface area contributed by atoms with E-state index in [-0.39, 0.29) is 0 Å². The molecule has 1 aliphatic rings. The molecule has 15 heavy (non-hydrogen) atoms. The van der Waals surface area contributed by atoms with Gasteiger partial charge in [0.2, 0.25) is 0 Å². The van der Waals surface area contributed by atoms with Crippen LogP contribution in [0.4, 0.5) is 4.39 Å². The topological polar surface area (TPSA) is 25.2 Å². The van der Waals surface area contributed by atoms with Crippen LogP contribution >= 0.6 is 28.7 Å². The summed E-state index contributed by atoms with van der Waals surface area (Å²) in [6.07, 6.45) is 1.93. The summed E-state index contributed by atoms with van der Waals surface area (Å²) < 4.78 is 18.6. The van der Waals surface area contributed by atoms with Gasteiger partial charge in [-0.15, -0.1) is 0 Å². The number of nitrogens with zero attached hydrogens (tertiary/aromatic N) is 2. The largest absolute Gasteiger partial charge is 0.239 e. The fourth-order valence-electron chi connectivity index (χ4n) is 1.63. The van der Waals surface area contributed by atoms with Crippen molar-refractivity contribution >= 4 is 34.5 Å². The molecule has 1 aromatic rings. The van der Waals surface area contributed by atoms with Crippen LogP contribution in [0.15, 0.2) is 27.2 Å². The highest BCUT2D eigenvalue weighted by Crippen LogP contribution is 2.39. The summed E-state index contributed by atoms with van der Waals surface area (Å²) in [5.41, 5.74) is -0.421. The van der Waals surface area contributed by atoms with E-state index in [1.807, 2.05) is 6.07 Å². The van der Waals surface area contributed by atoms with E-state index in [9.17, 15) is 4.39 Å². The van der Waals surface area contributed by atoms with E-state index in [4.69, 9.17) is 0 Å². The monoisotopic (exact) mass is 288 g/mol. The predicted octanol–water partition coefficient (Wildman–Crippen LogP) is 3.37. The molecule has 0 bridgehead atoms. The van der Waals surface area contributed by atoms with Gasteiger partial charge in [0.15, 0.2) is 5.67 Å². The fraction of sp³-hybridized carbons (Fsp3) is 0.400. The van der Waals surface area contributed by atoms with Crippen LogP contribution in [-0.4, -0.2) is 16.4 Å². The van der Waals surface area contributed by atoms with Crippen LogP contribution in [0, 0.1) is 0 Å². The number of aromatic nitrogens is 1. The van der Waals surface area contributed by atoms with Gasteiger partial charge in [0.25, 0.3) is 0 Å². The van der Waals surface area contributed by atoms with Gasteiger partial charge in [0, 0.05) is 0 Å². The zero-order valence-electron chi connectivity index (χ0n) is 7.95. The number of rotatable bonds is 2. The highest BCUT2D eigenvalue weighted by Gasteiger charge is 2.43. The Morgan fingerprint density at radius 1 is 1.53 bits per heavy atom. The van der Waals surface area contributed by atoms with Crippen LogP contribution in [0.5, 0.6) is 0 Å². The maximum atomic E-state index is 14.2. The molecule has 0 saturated heterocycles. The minimum atomic E-state index is -1.32. The first-order valence-corrected chi connectivity index (χ1v) is 5.89. The Morgan fingerprint density at radius 2 is 2.27 bits per heavy atom. The smallest absolute Gasteiger partial charge is 0.155 e. The number of thiol groups is 1. The lowest BCUT2D eigenvalue weighted by Gasteiger charge is -2.34. The van der Waals surface area contributed by atoms with Crippen LogP contribution < -0.4 is 0 Å². The lowest BCUT2D eigenvalue weighted by molar-refractivity contribution is 0.143. The van der Waals surface area contributed by atoms with Gasteiger partial charge in [-0.1, -0.05) is 6.07 Å². The molecule has 1 saturated carbocycles. The van der Waals surface area contributed by atoms with Gasteiger partial charge in [0.05, 0.1) is 5.69 Å². The molecule has 0 aromatic carbocycles. The Morgan fingerprint density at radius 3 is 2.73 bits per heavy atom. The molecule has 1 fully saturated rings. The first kappa shape index (κ1) is 11.1. The number of hydrogen-bond acceptors (Lipinski definition) is 3. The third-order valence-corrected chi connectivity index (χ3v) is 3.27. The van der Waals surface area contributed by atoms with Crippen molar-refractivity contribution in [3.63, 3.8) is 0 Å². The molecule has 5 heteroatoms. The van der Waals surface area contributed by atoms with Crippen molar-refractivity contribution < 1.29 is 4.39 Å². The Hall–Kier alpha value is -0.420. The fourth-order valence-corrected chi connectivity index (χ4v) is 2.26.